The van der Waals surface area contributed by atoms with E-state index in [0.29, 0.717) is 48.5 Å². The van der Waals surface area contributed by atoms with E-state index >= 15 is 0 Å². The number of aliphatic hydroxyl groups is 3. The maximum absolute atomic E-state index is 12.0. The van der Waals surface area contributed by atoms with E-state index in [2.05, 4.69) is 26.1 Å². The summed E-state index contributed by atoms with van der Waals surface area (Å²) >= 11 is 0. The van der Waals surface area contributed by atoms with Crippen molar-refractivity contribution in [2.45, 2.75) is 97.2 Å². The Bertz CT molecular complexity index is 655. The van der Waals surface area contributed by atoms with Gasteiger partial charge in [0.25, 0.3) is 0 Å². The molecule has 0 unspecified atom stereocenters. The third-order valence-electron chi connectivity index (χ3n) is 10.7. The number of amides is 1. The maximum Gasteiger partial charge on any atom is 0.220 e. The predicted octanol–water partition coefficient (Wildman–Crippen LogP) is 3.50. The summed E-state index contributed by atoms with van der Waals surface area (Å²) in [5.41, 5.74) is 0.541. The minimum absolute atomic E-state index is 0.00666. The zero-order valence-electron chi connectivity index (χ0n) is 19.9. The Morgan fingerprint density at radius 1 is 1.03 bits per heavy atom. The van der Waals surface area contributed by atoms with Gasteiger partial charge in [-0.2, -0.15) is 0 Å². The van der Waals surface area contributed by atoms with Gasteiger partial charge in [-0.15, -0.1) is 0 Å². The van der Waals surface area contributed by atoms with Gasteiger partial charge in [0.05, 0.1) is 18.8 Å². The van der Waals surface area contributed by atoms with Crippen molar-refractivity contribution in [2.24, 2.45) is 46.3 Å². The van der Waals surface area contributed by atoms with Gasteiger partial charge >= 0.3 is 0 Å². The zero-order chi connectivity index (χ0) is 22.4. The molecule has 4 N–H and O–H groups in total. The Morgan fingerprint density at radius 2 is 1.74 bits per heavy atom. The highest BCUT2D eigenvalue weighted by Gasteiger charge is 2.62. The first kappa shape index (κ1) is 23.5. The number of aliphatic hydroxyl groups excluding tert-OH is 3. The van der Waals surface area contributed by atoms with E-state index in [4.69, 9.17) is 5.11 Å². The third kappa shape index (κ3) is 4.08. The number of rotatable bonds is 6. The van der Waals surface area contributed by atoms with E-state index in [1.807, 2.05) is 0 Å². The van der Waals surface area contributed by atoms with Crippen LogP contribution in [0.1, 0.15) is 85.0 Å². The standard InChI is InChI=1S/C26H45NO4/c1-16(4-7-23(31)27-12-13-28)19-5-6-20-24-21(9-11-26(19,20)3)25(2)10-8-18(29)14-17(25)15-22(24)30/h16-22,24,28-30H,4-15H2,1-3H3,(H,27,31)/t16-,17+,18-,19-,20+,21+,22+,24+,25+,26-/m1/s1. The zero-order valence-corrected chi connectivity index (χ0v) is 19.9. The summed E-state index contributed by atoms with van der Waals surface area (Å²) in [6, 6.07) is 0. The smallest absolute Gasteiger partial charge is 0.220 e. The van der Waals surface area contributed by atoms with Gasteiger partial charge in [0, 0.05) is 13.0 Å². The fraction of sp³-hybridized carbons (Fsp3) is 0.962. The minimum Gasteiger partial charge on any atom is -0.395 e. The minimum atomic E-state index is -0.226. The van der Waals surface area contributed by atoms with E-state index in [0.717, 1.165) is 32.1 Å². The lowest BCUT2D eigenvalue weighted by Crippen LogP contribution is -2.58. The molecule has 0 aromatic rings. The molecule has 4 aliphatic rings. The van der Waals surface area contributed by atoms with Gasteiger partial charge in [0.2, 0.25) is 5.91 Å². The lowest BCUT2D eigenvalue weighted by atomic mass is 9.43. The van der Waals surface area contributed by atoms with Gasteiger partial charge in [0.1, 0.15) is 0 Å². The van der Waals surface area contributed by atoms with E-state index in [9.17, 15) is 15.0 Å². The van der Waals surface area contributed by atoms with Crippen molar-refractivity contribution >= 4 is 5.91 Å². The van der Waals surface area contributed by atoms with Gasteiger partial charge in [-0.05, 0) is 104 Å². The van der Waals surface area contributed by atoms with Gasteiger partial charge in [0.15, 0.2) is 0 Å². The first-order chi connectivity index (χ1) is 14.7. The Labute approximate surface area is 188 Å². The van der Waals surface area contributed by atoms with Crippen LogP contribution >= 0.6 is 0 Å². The largest absolute Gasteiger partial charge is 0.395 e. The SMILES string of the molecule is C[C@H](CCC(=O)NCCO)[C@H]1CC[C@H]2[C@@H]3[C@@H](O)C[C@@H]4C[C@H](O)CC[C@]4(C)[C@H]3CC[C@]12C. The highest BCUT2D eigenvalue weighted by atomic mass is 16.3. The number of fused-ring (bicyclic) bond motifs is 5. The molecule has 0 saturated heterocycles. The molecule has 1 amide bonds. The lowest BCUT2D eigenvalue weighted by Gasteiger charge is -2.62. The summed E-state index contributed by atoms with van der Waals surface area (Å²) in [6.45, 7) is 7.61. The Morgan fingerprint density at radius 3 is 2.48 bits per heavy atom. The molecule has 4 fully saturated rings. The molecule has 0 radical (unpaired) electrons. The van der Waals surface area contributed by atoms with Crippen molar-refractivity contribution in [2.75, 3.05) is 13.2 Å². The topological polar surface area (TPSA) is 89.8 Å². The van der Waals surface area contributed by atoms with Crippen LogP contribution in [0.2, 0.25) is 0 Å². The van der Waals surface area contributed by atoms with E-state index in [-0.39, 0.29) is 35.6 Å². The molecule has 0 aromatic heterocycles. The molecule has 31 heavy (non-hydrogen) atoms. The molecule has 0 aromatic carbocycles. The van der Waals surface area contributed by atoms with E-state index in [1.54, 1.807) is 0 Å². The second-order valence-corrected chi connectivity index (χ2v) is 12.0. The number of carbonyl (C=O) groups is 1. The molecule has 0 bridgehead atoms. The van der Waals surface area contributed by atoms with Crippen LogP contribution in [0, 0.1) is 46.3 Å². The fourth-order valence-corrected chi connectivity index (χ4v) is 9.02. The molecule has 5 nitrogen and oxygen atoms in total. The summed E-state index contributed by atoms with van der Waals surface area (Å²) in [6.07, 6.45) is 9.68. The van der Waals surface area contributed by atoms with Crippen LogP contribution in [-0.4, -0.2) is 46.6 Å². The number of carbonyl (C=O) groups excluding carboxylic acids is 1. The molecule has 178 valence electrons. The van der Waals surface area contributed by atoms with Gasteiger partial charge in [-0.3, -0.25) is 4.79 Å². The molecule has 4 rings (SSSR count). The molecular formula is C26H45NO4. The van der Waals surface area contributed by atoms with Gasteiger partial charge in [-0.1, -0.05) is 20.8 Å². The summed E-state index contributed by atoms with van der Waals surface area (Å²) < 4.78 is 0. The molecule has 10 atom stereocenters. The van der Waals surface area contributed by atoms with Crippen LogP contribution < -0.4 is 5.32 Å². The van der Waals surface area contributed by atoms with Crippen LogP contribution in [0.5, 0.6) is 0 Å². The second kappa shape index (κ2) is 8.95. The maximum atomic E-state index is 12.0. The quantitative estimate of drug-likeness (QED) is 0.514. The summed E-state index contributed by atoms with van der Waals surface area (Å²) in [5.74, 6) is 3.21. The molecule has 0 spiro atoms. The van der Waals surface area contributed by atoms with Crippen molar-refractivity contribution in [1.29, 1.82) is 0 Å². The van der Waals surface area contributed by atoms with E-state index in [1.165, 1.54) is 25.7 Å². The number of nitrogens with one attached hydrogen (secondary N) is 1. The van der Waals surface area contributed by atoms with E-state index < -0.39 is 0 Å². The lowest BCUT2D eigenvalue weighted by molar-refractivity contribution is -0.174. The molecular weight excluding hydrogens is 390 g/mol. The van der Waals surface area contributed by atoms with Crippen molar-refractivity contribution in [3.8, 4) is 0 Å². The fourth-order valence-electron chi connectivity index (χ4n) is 9.02. The number of hydrogen-bond donors (Lipinski definition) is 4. The second-order valence-electron chi connectivity index (χ2n) is 12.0. The van der Waals surface area contributed by atoms with Gasteiger partial charge < -0.3 is 20.6 Å². The normalized spacial score (nSPS) is 47.7. The molecule has 0 heterocycles. The average molecular weight is 436 g/mol. The van der Waals surface area contributed by atoms with Crippen molar-refractivity contribution in [3.63, 3.8) is 0 Å². The molecule has 0 aliphatic heterocycles. The van der Waals surface area contributed by atoms with Crippen LogP contribution in [0.25, 0.3) is 0 Å². The van der Waals surface area contributed by atoms with Crippen molar-refractivity contribution < 1.29 is 20.1 Å². The number of hydrogen-bond acceptors (Lipinski definition) is 4. The van der Waals surface area contributed by atoms with Gasteiger partial charge in [-0.25, -0.2) is 0 Å². The third-order valence-corrected chi connectivity index (χ3v) is 10.7. The first-order valence-corrected chi connectivity index (χ1v) is 12.9. The first-order valence-electron chi connectivity index (χ1n) is 12.9. The Kier molecular flexibility index (Phi) is 6.78. The summed E-state index contributed by atoms with van der Waals surface area (Å²) in [7, 11) is 0. The highest BCUT2D eigenvalue weighted by Crippen LogP contribution is 2.68. The summed E-state index contributed by atoms with van der Waals surface area (Å²) in [5, 5.41) is 33.3. The van der Waals surface area contributed by atoms with Crippen molar-refractivity contribution in [1.82, 2.24) is 5.32 Å². The van der Waals surface area contributed by atoms with Crippen LogP contribution in [0.15, 0.2) is 0 Å². The Hall–Kier alpha value is -0.650. The highest BCUT2D eigenvalue weighted by molar-refractivity contribution is 5.75. The summed E-state index contributed by atoms with van der Waals surface area (Å²) in [4.78, 5) is 12.0. The van der Waals surface area contributed by atoms with Crippen molar-refractivity contribution in [3.05, 3.63) is 0 Å². The Balaban J connectivity index is 1.46. The molecule has 4 saturated carbocycles. The van der Waals surface area contributed by atoms with Crippen LogP contribution in [-0.2, 0) is 4.79 Å². The van der Waals surface area contributed by atoms with Crippen LogP contribution in [0.4, 0.5) is 0 Å². The average Bonchev–Trinajstić information content (AvgIpc) is 3.09. The monoisotopic (exact) mass is 435 g/mol. The van der Waals surface area contributed by atoms with Crippen LogP contribution in [0.3, 0.4) is 0 Å². The molecule has 4 aliphatic carbocycles. The molecule has 5 heteroatoms. The predicted molar refractivity (Wildman–Crippen MR) is 121 cm³/mol.